The van der Waals surface area contributed by atoms with Gasteiger partial charge < -0.3 is 9.80 Å². The number of tetrazole rings is 1. The molecular formula is C15H30N6+2. The van der Waals surface area contributed by atoms with Crippen molar-refractivity contribution in [3.05, 3.63) is 5.82 Å². The van der Waals surface area contributed by atoms with Crippen LogP contribution in [0, 0.1) is 0 Å². The summed E-state index contributed by atoms with van der Waals surface area (Å²) in [6.07, 6.45) is 7.55. The summed E-state index contributed by atoms with van der Waals surface area (Å²) in [7, 11) is 2.30. The highest BCUT2D eigenvalue weighted by atomic mass is 15.6. The molecule has 1 atom stereocenters. The van der Waals surface area contributed by atoms with Crippen molar-refractivity contribution in [2.24, 2.45) is 0 Å². The van der Waals surface area contributed by atoms with Crippen LogP contribution in [0.2, 0.25) is 0 Å². The highest BCUT2D eigenvalue weighted by Gasteiger charge is 2.34. The molecule has 2 heterocycles. The van der Waals surface area contributed by atoms with Crippen molar-refractivity contribution in [2.75, 3.05) is 33.2 Å². The van der Waals surface area contributed by atoms with E-state index in [0.717, 1.165) is 5.82 Å². The molecule has 6 nitrogen and oxygen atoms in total. The molecule has 1 aliphatic carbocycles. The van der Waals surface area contributed by atoms with Crippen molar-refractivity contribution in [3.63, 3.8) is 0 Å². The van der Waals surface area contributed by atoms with Gasteiger partial charge >= 0.3 is 0 Å². The minimum absolute atomic E-state index is 0.485. The van der Waals surface area contributed by atoms with E-state index in [-0.39, 0.29) is 0 Å². The molecule has 6 heteroatoms. The minimum atomic E-state index is 0.485. The van der Waals surface area contributed by atoms with Gasteiger partial charge in [-0.2, -0.15) is 0 Å². The lowest BCUT2D eigenvalue weighted by Gasteiger charge is -2.33. The van der Waals surface area contributed by atoms with Gasteiger partial charge in [-0.3, -0.25) is 0 Å². The third kappa shape index (κ3) is 3.26. The van der Waals surface area contributed by atoms with E-state index in [0.29, 0.717) is 12.1 Å². The molecule has 1 aromatic rings. The van der Waals surface area contributed by atoms with Gasteiger partial charge in [0.1, 0.15) is 32.2 Å². The smallest absolute Gasteiger partial charge is 0.209 e. The average Bonchev–Trinajstić information content (AvgIpc) is 3.16. The molecule has 2 N–H and O–H groups in total. The van der Waals surface area contributed by atoms with E-state index in [1.54, 1.807) is 9.80 Å². The maximum absolute atomic E-state index is 4.45. The first kappa shape index (κ1) is 14.9. The number of hydrogen-bond acceptors (Lipinski definition) is 3. The molecule has 0 spiro atoms. The number of quaternary nitrogens is 2. The first-order valence-corrected chi connectivity index (χ1v) is 8.73. The van der Waals surface area contributed by atoms with Gasteiger partial charge in [-0.1, -0.05) is 26.2 Å². The maximum atomic E-state index is 4.45. The van der Waals surface area contributed by atoms with E-state index in [4.69, 9.17) is 0 Å². The Hall–Kier alpha value is -1.01. The SMILES string of the molecule is CCC[C@@H](c1nnnn1C1CCCC1)[NH+]1CC[NH+](C)CC1. The van der Waals surface area contributed by atoms with Crippen molar-refractivity contribution in [1.82, 2.24) is 20.2 Å². The van der Waals surface area contributed by atoms with E-state index in [1.807, 2.05) is 0 Å². The normalized spacial score (nSPS) is 28.9. The van der Waals surface area contributed by atoms with Crippen LogP contribution < -0.4 is 9.80 Å². The fourth-order valence-corrected chi connectivity index (χ4v) is 3.99. The van der Waals surface area contributed by atoms with Crippen LogP contribution in [0.5, 0.6) is 0 Å². The lowest BCUT2D eigenvalue weighted by Crippen LogP contribution is -3.27. The standard InChI is InChI=1S/C15H28N6/c1-3-6-14(20-11-9-19(2)10-12-20)15-16-17-18-21(15)13-7-4-5-8-13/h13-14H,3-12H2,1-2H3/p+2/t14-/m0/s1. The third-order valence-corrected chi connectivity index (χ3v) is 5.32. The van der Waals surface area contributed by atoms with Gasteiger partial charge in [0.15, 0.2) is 0 Å². The summed E-state index contributed by atoms with van der Waals surface area (Å²) in [4.78, 5) is 3.35. The molecule has 2 fully saturated rings. The van der Waals surface area contributed by atoms with Gasteiger partial charge in [-0.05, 0) is 23.3 Å². The third-order valence-electron chi connectivity index (χ3n) is 5.32. The Morgan fingerprint density at radius 1 is 1.19 bits per heavy atom. The summed E-state index contributed by atoms with van der Waals surface area (Å²) in [5.74, 6) is 1.15. The summed E-state index contributed by atoms with van der Waals surface area (Å²) in [5.41, 5.74) is 0. The molecule has 1 saturated carbocycles. The quantitative estimate of drug-likeness (QED) is 0.736. The fraction of sp³-hybridized carbons (Fsp3) is 0.933. The van der Waals surface area contributed by atoms with E-state index >= 15 is 0 Å². The van der Waals surface area contributed by atoms with Crippen LogP contribution in [0.1, 0.15) is 63.4 Å². The van der Waals surface area contributed by atoms with Crippen molar-refractivity contribution < 1.29 is 9.80 Å². The molecule has 0 unspecified atom stereocenters. The lowest BCUT2D eigenvalue weighted by atomic mass is 10.1. The summed E-state index contributed by atoms with van der Waals surface area (Å²) >= 11 is 0. The van der Waals surface area contributed by atoms with E-state index < -0.39 is 0 Å². The van der Waals surface area contributed by atoms with Crippen LogP contribution in [-0.2, 0) is 0 Å². The first-order chi connectivity index (χ1) is 10.3. The Morgan fingerprint density at radius 2 is 1.90 bits per heavy atom. The minimum Gasteiger partial charge on any atom is -0.328 e. The molecule has 118 valence electrons. The summed E-state index contributed by atoms with van der Waals surface area (Å²) in [5, 5.41) is 12.8. The fourth-order valence-electron chi connectivity index (χ4n) is 3.99. The lowest BCUT2D eigenvalue weighted by molar-refractivity contribution is -1.02. The number of aromatic nitrogens is 4. The van der Waals surface area contributed by atoms with Gasteiger partial charge in [0.2, 0.25) is 5.82 Å². The van der Waals surface area contributed by atoms with Crippen molar-refractivity contribution in [3.8, 4) is 0 Å². The molecular weight excluding hydrogens is 264 g/mol. The van der Waals surface area contributed by atoms with Crippen LogP contribution in [0.4, 0.5) is 0 Å². The largest absolute Gasteiger partial charge is 0.328 e. The Labute approximate surface area is 127 Å². The number of nitrogens with zero attached hydrogens (tertiary/aromatic N) is 4. The molecule has 0 bridgehead atoms. The first-order valence-electron chi connectivity index (χ1n) is 8.73. The second kappa shape index (κ2) is 6.83. The highest BCUT2D eigenvalue weighted by molar-refractivity contribution is 4.91. The zero-order valence-electron chi connectivity index (χ0n) is 13.5. The molecule has 0 aromatic carbocycles. The molecule has 0 amide bonds. The van der Waals surface area contributed by atoms with Gasteiger partial charge in [0.25, 0.3) is 0 Å². The molecule has 3 rings (SSSR count). The predicted molar refractivity (Wildman–Crippen MR) is 80.3 cm³/mol. The van der Waals surface area contributed by atoms with Crippen LogP contribution >= 0.6 is 0 Å². The number of hydrogen-bond donors (Lipinski definition) is 2. The second-order valence-electron chi connectivity index (χ2n) is 6.88. The molecule has 2 aliphatic rings. The summed E-state index contributed by atoms with van der Waals surface area (Å²) in [6, 6.07) is 1.03. The van der Waals surface area contributed by atoms with Crippen LogP contribution in [0.3, 0.4) is 0 Å². The van der Waals surface area contributed by atoms with E-state index in [9.17, 15) is 0 Å². The monoisotopic (exact) mass is 294 g/mol. The topological polar surface area (TPSA) is 52.5 Å². The Morgan fingerprint density at radius 3 is 2.57 bits per heavy atom. The zero-order valence-corrected chi connectivity index (χ0v) is 13.5. The molecule has 21 heavy (non-hydrogen) atoms. The predicted octanol–water partition coefficient (Wildman–Crippen LogP) is -0.957. The van der Waals surface area contributed by atoms with Gasteiger partial charge in [-0.25, -0.2) is 4.68 Å². The van der Waals surface area contributed by atoms with E-state index in [1.165, 1.54) is 64.7 Å². The average molecular weight is 294 g/mol. The summed E-state index contributed by atoms with van der Waals surface area (Å²) in [6.45, 7) is 7.29. The van der Waals surface area contributed by atoms with Gasteiger partial charge in [-0.15, -0.1) is 5.10 Å². The van der Waals surface area contributed by atoms with E-state index in [2.05, 4.69) is 34.2 Å². The molecule has 0 radical (unpaired) electrons. The molecule has 1 aliphatic heterocycles. The summed E-state index contributed by atoms with van der Waals surface area (Å²) < 4.78 is 2.17. The van der Waals surface area contributed by atoms with Crippen molar-refractivity contribution >= 4 is 0 Å². The van der Waals surface area contributed by atoms with Crippen LogP contribution in [0.15, 0.2) is 0 Å². The van der Waals surface area contributed by atoms with Crippen LogP contribution in [0.25, 0.3) is 0 Å². The number of likely N-dealkylation sites (N-methyl/N-ethyl adjacent to an activating group) is 1. The van der Waals surface area contributed by atoms with Gasteiger partial charge in [0, 0.05) is 6.42 Å². The molecule has 1 saturated heterocycles. The number of rotatable bonds is 5. The number of nitrogens with one attached hydrogen (secondary N) is 2. The van der Waals surface area contributed by atoms with Crippen molar-refractivity contribution in [1.29, 1.82) is 0 Å². The maximum Gasteiger partial charge on any atom is 0.209 e. The van der Waals surface area contributed by atoms with Crippen LogP contribution in [-0.4, -0.2) is 53.4 Å². The van der Waals surface area contributed by atoms with Gasteiger partial charge in [0.05, 0.1) is 13.1 Å². The number of piperazine rings is 1. The molecule has 1 aromatic heterocycles. The Bertz CT molecular complexity index is 431. The zero-order chi connectivity index (χ0) is 14.7. The highest BCUT2D eigenvalue weighted by Crippen LogP contribution is 2.30. The Balaban J connectivity index is 1.78. The van der Waals surface area contributed by atoms with Crippen molar-refractivity contribution in [2.45, 2.75) is 57.5 Å². The second-order valence-corrected chi connectivity index (χ2v) is 6.88. The Kier molecular flexibility index (Phi) is 4.85.